The van der Waals surface area contributed by atoms with Crippen LogP contribution in [0.25, 0.3) is 0 Å². The lowest BCUT2D eigenvalue weighted by Gasteiger charge is -2.19. The molecule has 0 atom stereocenters. The molecule has 0 aliphatic carbocycles. The van der Waals surface area contributed by atoms with Gasteiger partial charge >= 0.3 is 0 Å². The van der Waals surface area contributed by atoms with E-state index in [0.29, 0.717) is 0 Å². The van der Waals surface area contributed by atoms with Crippen LogP contribution in [-0.2, 0) is 4.79 Å². The highest BCUT2D eigenvalue weighted by molar-refractivity contribution is 5.85. The number of halogens is 1. The highest BCUT2D eigenvalue weighted by Crippen LogP contribution is 2.22. The van der Waals surface area contributed by atoms with Crippen molar-refractivity contribution >= 4 is 18.3 Å². The summed E-state index contributed by atoms with van der Waals surface area (Å²) in [5.74, 6) is -0.181. The molecule has 2 nitrogen and oxygen atoms in total. The van der Waals surface area contributed by atoms with E-state index in [1.807, 2.05) is 13.8 Å². The number of unbranched alkanes of at least 4 members (excludes halogenated alkanes) is 3. The van der Waals surface area contributed by atoms with E-state index in [-0.39, 0.29) is 23.7 Å². The quantitative estimate of drug-likeness (QED) is 0.669. The molecule has 0 spiro atoms. The maximum Gasteiger partial charge on any atom is 0.223 e. The maximum absolute atomic E-state index is 10.9. The predicted octanol–water partition coefficient (Wildman–Crippen LogP) is 2.89. The zero-order valence-corrected chi connectivity index (χ0v) is 9.75. The summed E-state index contributed by atoms with van der Waals surface area (Å²) in [5.41, 5.74) is 4.93. The second-order valence-electron chi connectivity index (χ2n) is 4.06. The van der Waals surface area contributed by atoms with Crippen LogP contribution in [0.15, 0.2) is 0 Å². The molecule has 0 aromatic heterocycles. The normalized spacial score (nSPS) is 10.7. The summed E-state index contributed by atoms with van der Waals surface area (Å²) < 4.78 is 0. The van der Waals surface area contributed by atoms with Crippen molar-refractivity contribution in [2.75, 3.05) is 0 Å². The Balaban J connectivity index is 0. The lowest BCUT2D eigenvalue weighted by Crippen LogP contribution is -2.31. The van der Waals surface area contributed by atoms with Gasteiger partial charge in [-0.3, -0.25) is 4.79 Å². The molecule has 0 aromatic rings. The van der Waals surface area contributed by atoms with E-state index in [9.17, 15) is 4.79 Å². The first-order valence-electron chi connectivity index (χ1n) is 4.80. The van der Waals surface area contributed by atoms with Crippen molar-refractivity contribution in [1.29, 1.82) is 0 Å². The van der Waals surface area contributed by atoms with Crippen LogP contribution in [0.4, 0.5) is 0 Å². The highest BCUT2D eigenvalue weighted by atomic mass is 35.5. The van der Waals surface area contributed by atoms with Gasteiger partial charge in [0, 0.05) is 5.41 Å². The molecule has 13 heavy (non-hydrogen) atoms. The third-order valence-electron chi connectivity index (χ3n) is 2.32. The summed E-state index contributed by atoms with van der Waals surface area (Å²) in [4.78, 5) is 10.9. The fourth-order valence-corrected chi connectivity index (χ4v) is 1.12. The summed E-state index contributed by atoms with van der Waals surface area (Å²) in [7, 11) is 0. The Labute approximate surface area is 87.7 Å². The first-order chi connectivity index (χ1) is 5.50. The summed E-state index contributed by atoms with van der Waals surface area (Å²) in [5, 5.41) is 0. The molecule has 0 saturated carbocycles. The number of primary amides is 1. The Morgan fingerprint density at radius 3 is 2.15 bits per heavy atom. The largest absolute Gasteiger partial charge is 0.369 e. The molecule has 0 aliphatic heterocycles. The number of hydrogen-bond acceptors (Lipinski definition) is 1. The topological polar surface area (TPSA) is 43.1 Å². The summed E-state index contributed by atoms with van der Waals surface area (Å²) in [6, 6.07) is 0. The molecular weight excluding hydrogens is 186 g/mol. The van der Waals surface area contributed by atoms with Crippen LogP contribution in [0.1, 0.15) is 52.9 Å². The average Bonchev–Trinajstić information content (AvgIpc) is 1.98. The van der Waals surface area contributed by atoms with E-state index in [0.717, 1.165) is 12.8 Å². The lowest BCUT2D eigenvalue weighted by atomic mass is 9.86. The Bertz CT molecular complexity index is 146. The predicted molar refractivity (Wildman–Crippen MR) is 59.0 cm³/mol. The van der Waals surface area contributed by atoms with Crippen molar-refractivity contribution in [2.45, 2.75) is 52.9 Å². The summed E-state index contributed by atoms with van der Waals surface area (Å²) >= 11 is 0. The smallest absolute Gasteiger partial charge is 0.223 e. The number of amides is 1. The molecule has 0 aliphatic rings. The molecule has 0 heterocycles. The monoisotopic (exact) mass is 207 g/mol. The van der Waals surface area contributed by atoms with Gasteiger partial charge in [-0.2, -0.15) is 0 Å². The fourth-order valence-electron chi connectivity index (χ4n) is 1.12. The minimum absolute atomic E-state index is 0. The molecule has 0 aromatic carbocycles. The summed E-state index contributed by atoms with van der Waals surface area (Å²) in [6.45, 7) is 6.02. The van der Waals surface area contributed by atoms with Crippen LogP contribution in [0, 0.1) is 5.41 Å². The second-order valence-corrected chi connectivity index (χ2v) is 4.06. The van der Waals surface area contributed by atoms with Crippen LogP contribution < -0.4 is 5.73 Å². The van der Waals surface area contributed by atoms with E-state index >= 15 is 0 Å². The van der Waals surface area contributed by atoms with Gasteiger partial charge in [0.2, 0.25) is 5.91 Å². The van der Waals surface area contributed by atoms with Crippen molar-refractivity contribution in [3.8, 4) is 0 Å². The third-order valence-corrected chi connectivity index (χ3v) is 2.32. The van der Waals surface area contributed by atoms with Gasteiger partial charge in [0.15, 0.2) is 0 Å². The molecule has 0 saturated heterocycles. The van der Waals surface area contributed by atoms with Crippen molar-refractivity contribution in [3.05, 3.63) is 0 Å². The van der Waals surface area contributed by atoms with Gasteiger partial charge in [-0.25, -0.2) is 0 Å². The van der Waals surface area contributed by atoms with E-state index < -0.39 is 0 Å². The Kier molecular flexibility index (Phi) is 8.43. The minimum Gasteiger partial charge on any atom is -0.369 e. The fraction of sp³-hybridized carbons (Fsp3) is 0.900. The van der Waals surface area contributed by atoms with Crippen molar-refractivity contribution in [1.82, 2.24) is 0 Å². The van der Waals surface area contributed by atoms with Crippen LogP contribution in [0.2, 0.25) is 0 Å². The molecule has 0 radical (unpaired) electrons. The van der Waals surface area contributed by atoms with E-state index in [1.165, 1.54) is 19.3 Å². The molecular formula is C10H22ClNO. The van der Waals surface area contributed by atoms with Gasteiger partial charge in [0.05, 0.1) is 0 Å². The van der Waals surface area contributed by atoms with Gasteiger partial charge < -0.3 is 5.73 Å². The van der Waals surface area contributed by atoms with Crippen LogP contribution >= 0.6 is 12.4 Å². The third kappa shape index (κ3) is 6.88. The van der Waals surface area contributed by atoms with Crippen molar-refractivity contribution in [3.63, 3.8) is 0 Å². The standard InChI is InChI=1S/C10H21NO.ClH/c1-4-5-6-7-8-10(2,3)9(11)12;/h4-8H2,1-3H3,(H2,11,12);1H. The Morgan fingerprint density at radius 1 is 1.23 bits per heavy atom. The highest BCUT2D eigenvalue weighted by Gasteiger charge is 2.23. The van der Waals surface area contributed by atoms with Gasteiger partial charge in [0.1, 0.15) is 0 Å². The van der Waals surface area contributed by atoms with Crippen LogP contribution in [0.5, 0.6) is 0 Å². The van der Waals surface area contributed by atoms with Gasteiger partial charge in [0.25, 0.3) is 0 Å². The zero-order chi connectivity index (χ0) is 9.61. The number of hydrogen-bond donors (Lipinski definition) is 1. The average molecular weight is 208 g/mol. The van der Waals surface area contributed by atoms with Gasteiger partial charge in [-0.05, 0) is 6.42 Å². The van der Waals surface area contributed by atoms with Crippen molar-refractivity contribution in [2.24, 2.45) is 11.1 Å². The number of carbonyl (C=O) groups excluding carboxylic acids is 1. The Morgan fingerprint density at radius 2 is 1.77 bits per heavy atom. The van der Waals surface area contributed by atoms with Gasteiger partial charge in [-0.1, -0.05) is 46.5 Å². The van der Waals surface area contributed by atoms with Gasteiger partial charge in [-0.15, -0.1) is 12.4 Å². The first-order valence-corrected chi connectivity index (χ1v) is 4.80. The maximum atomic E-state index is 10.9. The van der Waals surface area contributed by atoms with E-state index in [4.69, 9.17) is 5.73 Å². The SMILES string of the molecule is CCCCCCC(C)(C)C(N)=O.Cl. The van der Waals surface area contributed by atoms with E-state index in [2.05, 4.69) is 6.92 Å². The molecule has 0 fully saturated rings. The number of rotatable bonds is 6. The van der Waals surface area contributed by atoms with Crippen molar-refractivity contribution < 1.29 is 4.79 Å². The van der Waals surface area contributed by atoms with E-state index in [1.54, 1.807) is 0 Å². The molecule has 80 valence electrons. The molecule has 0 unspecified atom stereocenters. The molecule has 0 rings (SSSR count). The number of carbonyl (C=O) groups is 1. The zero-order valence-electron chi connectivity index (χ0n) is 8.93. The Hall–Kier alpha value is -0.240. The molecule has 3 heteroatoms. The first kappa shape index (κ1) is 15.2. The van der Waals surface area contributed by atoms with Crippen LogP contribution in [-0.4, -0.2) is 5.91 Å². The number of nitrogens with two attached hydrogens (primary N) is 1. The lowest BCUT2D eigenvalue weighted by molar-refractivity contribution is -0.126. The molecule has 2 N–H and O–H groups in total. The molecule has 0 bridgehead atoms. The summed E-state index contributed by atoms with van der Waals surface area (Å²) in [6.07, 6.45) is 5.74. The minimum atomic E-state index is -0.312. The second kappa shape index (κ2) is 7.19. The molecule has 1 amide bonds. The van der Waals surface area contributed by atoms with Crippen LogP contribution in [0.3, 0.4) is 0 Å².